The molecule has 78 heavy (non-hydrogen) atoms. The van der Waals surface area contributed by atoms with Crippen LogP contribution in [0.2, 0.25) is 0 Å². The average molecular weight is 1080 g/mol. The van der Waals surface area contributed by atoms with Gasteiger partial charge >= 0.3 is 35.9 Å². The molecule has 0 unspecified atom stereocenters. The van der Waals surface area contributed by atoms with Gasteiger partial charge in [0.15, 0.2) is 17.5 Å². The lowest BCUT2D eigenvalue weighted by Gasteiger charge is -2.64. The van der Waals surface area contributed by atoms with E-state index >= 15 is 9.59 Å². The Labute approximate surface area is 454 Å². The van der Waals surface area contributed by atoms with Gasteiger partial charge in [0.1, 0.15) is 36.6 Å². The fourth-order valence-electron chi connectivity index (χ4n) is 12.5. The number of hydrogen-bond acceptors (Lipinski definition) is 16. The maximum atomic E-state index is 15.8. The molecule has 5 aliphatic rings. The molecule has 3 saturated carbocycles. The summed E-state index contributed by atoms with van der Waals surface area (Å²) in [5.41, 5.74) is -5.79. The summed E-state index contributed by atoms with van der Waals surface area (Å²) in [6.07, 6.45) is -6.88. The van der Waals surface area contributed by atoms with E-state index in [2.05, 4.69) is 10.6 Å². The monoisotopic (exact) mass is 1080 g/mol. The number of rotatable bonds is 19. The Bertz CT molecular complexity index is 2790. The standard InChI is InChI=1S/C60H72N2O16/c1-35-42(75-54(69)49(47(39-23-15-10-16-24-39)62-44(65)32-56(4,5)6)76-45(66)27-19-12-20-28-61-55(70)72-33-38-21-13-9-14-22-38)31-60(71)52(77-53(68)40-25-17-11-18-26-40)50-58(51(67)48(74-36(2)63)46(35)57(60,7)8)30-41(58)29-43-59(50,34-73-43)78-37(3)64/h9-11,13-18,21-26,41-43,47-50,52,71H,12,19-20,27-34H2,1-8H3,(H,61,70)(H,62,65)/t41-,42+,43-,47+,48-,49-,50+,52+,58-,59+,60-/m1/s1. The van der Waals surface area contributed by atoms with E-state index in [1.807, 2.05) is 51.1 Å². The Kier molecular flexibility index (Phi) is 16.7. The Morgan fingerprint density at radius 3 is 2.09 bits per heavy atom. The van der Waals surface area contributed by atoms with Gasteiger partial charge in [-0.1, -0.05) is 120 Å². The van der Waals surface area contributed by atoms with Gasteiger partial charge in [0, 0.05) is 50.5 Å². The van der Waals surface area contributed by atoms with Gasteiger partial charge in [-0.3, -0.25) is 24.0 Å². The quantitative estimate of drug-likeness (QED) is 0.0454. The van der Waals surface area contributed by atoms with Crippen molar-refractivity contribution in [1.29, 1.82) is 0 Å². The Morgan fingerprint density at radius 2 is 1.47 bits per heavy atom. The van der Waals surface area contributed by atoms with Crippen LogP contribution in [-0.4, -0.2) is 108 Å². The van der Waals surface area contributed by atoms with Crippen LogP contribution < -0.4 is 10.6 Å². The van der Waals surface area contributed by atoms with Gasteiger partial charge in [-0.2, -0.15) is 0 Å². The largest absolute Gasteiger partial charge is 0.455 e. The number of ketones is 1. The van der Waals surface area contributed by atoms with Gasteiger partial charge in [0.05, 0.1) is 18.1 Å². The zero-order chi connectivity index (χ0) is 56.4. The van der Waals surface area contributed by atoms with Crippen LogP contribution in [0.3, 0.4) is 0 Å². The number of unbranched alkanes of at least 4 members (excludes halogenated alkanes) is 2. The molecule has 4 aliphatic carbocycles. The van der Waals surface area contributed by atoms with Crippen LogP contribution in [0.5, 0.6) is 0 Å². The van der Waals surface area contributed by atoms with Crippen LogP contribution in [-0.2, 0) is 68.5 Å². The van der Waals surface area contributed by atoms with Gasteiger partial charge in [-0.05, 0) is 78.3 Å². The molecule has 0 radical (unpaired) electrons. The fraction of sp³-hybridized carbons (Fsp3) is 0.533. The maximum Gasteiger partial charge on any atom is 0.407 e. The van der Waals surface area contributed by atoms with E-state index in [1.54, 1.807) is 69.3 Å². The van der Waals surface area contributed by atoms with Crippen LogP contribution in [0.15, 0.2) is 102 Å². The summed E-state index contributed by atoms with van der Waals surface area (Å²) >= 11 is 0. The van der Waals surface area contributed by atoms with Crippen molar-refractivity contribution in [3.05, 3.63) is 119 Å². The van der Waals surface area contributed by atoms with E-state index in [9.17, 15) is 33.9 Å². The Balaban J connectivity index is 1.15. The highest BCUT2D eigenvalue weighted by Crippen LogP contribution is 2.74. The van der Waals surface area contributed by atoms with E-state index in [1.165, 1.54) is 19.1 Å². The van der Waals surface area contributed by atoms with Crippen LogP contribution in [0.25, 0.3) is 0 Å². The van der Waals surface area contributed by atoms with Crippen molar-refractivity contribution in [2.24, 2.45) is 28.1 Å². The van der Waals surface area contributed by atoms with Crippen molar-refractivity contribution in [2.45, 2.75) is 161 Å². The number of carbonyl (C=O) groups excluding carboxylic acids is 8. The molecule has 3 aromatic rings. The Hall–Kier alpha value is -6.92. The van der Waals surface area contributed by atoms with Crippen molar-refractivity contribution >= 4 is 47.6 Å². The van der Waals surface area contributed by atoms with Crippen molar-refractivity contribution < 1.29 is 76.6 Å². The smallest absolute Gasteiger partial charge is 0.407 e. The van der Waals surface area contributed by atoms with Gasteiger partial charge in [-0.15, -0.1) is 0 Å². The third-order valence-electron chi connectivity index (χ3n) is 16.3. The minimum absolute atomic E-state index is 0.0225. The molecule has 4 fully saturated rings. The molecule has 18 heteroatoms. The second kappa shape index (κ2) is 22.8. The highest BCUT2D eigenvalue weighted by Gasteiger charge is 2.84. The van der Waals surface area contributed by atoms with Gasteiger partial charge < -0.3 is 48.9 Å². The predicted octanol–water partition coefficient (Wildman–Crippen LogP) is 7.53. The summed E-state index contributed by atoms with van der Waals surface area (Å²) < 4.78 is 42.8. The zero-order valence-corrected chi connectivity index (χ0v) is 45.6. The number of esters is 5. The van der Waals surface area contributed by atoms with E-state index in [4.69, 9.17) is 33.2 Å². The lowest BCUT2D eigenvalue weighted by atomic mass is 9.48. The number of ether oxygens (including phenoxy) is 7. The van der Waals surface area contributed by atoms with Crippen molar-refractivity contribution in [2.75, 3.05) is 13.2 Å². The molecule has 11 atom stereocenters. The lowest BCUT2D eigenvalue weighted by molar-refractivity contribution is -0.323. The summed E-state index contributed by atoms with van der Waals surface area (Å²) in [6, 6.07) is 24.4. The molecule has 0 aromatic heterocycles. The summed E-state index contributed by atoms with van der Waals surface area (Å²) in [7, 11) is 0. The number of Topliss-reactive ketones (excluding diaryl/α,β-unsaturated/α-hetero) is 1. The number of aliphatic hydroxyl groups is 1. The third-order valence-corrected chi connectivity index (χ3v) is 16.3. The van der Waals surface area contributed by atoms with Crippen molar-refractivity contribution in [3.63, 3.8) is 0 Å². The molecular weight excluding hydrogens is 1000 g/mol. The summed E-state index contributed by atoms with van der Waals surface area (Å²) in [5, 5.41) is 19.7. The molecule has 8 rings (SSSR count). The number of amides is 2. The molecule has 3 N–H and O–H groups in total. The number of benzene rings is 3. The van der Waals surface area contributed by atoms with Crippen molar-refractivity contribution in [3.8, 4) is 0 Å². The highest BCUT2D eigenvalue weighted by molar-refractivity contribution is 5.98. The van der Waals surface area contributed by atoms with E-state index in [-0.39, 0.29) is 55.7 Å². The molecular formula is C60H72N2O16. The first-order valence-corrected chi connectivity index (χ1v) is 26.8. The molecule has 18 nitrogen and oxygen atoms in total. The maximum absolute atomic E-state index is 15.8. The van der Waals surface area contributed by atoms with E-state index in [0.29, 0.717) is 31.2 Å². The minimum Gasteiger partial charge on any atom is -0.455 e. The first kappa shape index (κ1) is 57.3. The molecule has 2 amide bonds. The van der Waals surface area contributed by atoms with Crippen LogP contribution >= 0.6 is 0 Å². The number of hydrogen-bond donors (Lipinski definition) is 3. The summed E-state index contributed by atoms with van der Waals surface area (Å²) in [6.45, 7) is 13.0. The molecule has 2 bridgehead atoms. The molecule has 1 heterocycles. The van der Waals surface area contributed by atoms with Crippen LogP contribution in [0, 0.1) is 28.1 Å². The lowest BCUT2D eigenvalue weighted by Crippen LogP contribution is -2.78. The van der Waals surface area contributed by atoms with E-state index < -0.39 is 130 Å². The normalized spacial score (nSPS) is 28.1. The second-order valence-corrected chi connectivity index (χ2v) is 23.2. The van der Waals surface area contributed by atoms with E-state index in [0.717, 1.165) is 12.5 Å². The van der Waals surface area contributed by atoms with Crippen LogP contribution in [0.1, 0.15) is 134 Å². The highest BCUT2D eigenvalue weighted by atomic mass is 16.6. The number of alkyl carbamates (subject to hydrolysis) is 1. The first-order chi connectivity index (χ1) is 36.9. The number of nitrogens with one attached hydrogen (secondary N) is 2. The Morgan fingerprint density at radius 1 is 0.821 bits per heavy atom. The number of fused-ring (bicyclic) bond motifs is 4. The van der Waals surface area contributed by atoms with Gasteiger partial charge in [0.2, 0.25) is 12.0 Å². The van der Waals surface area contributed by atoms with Gasteiger partial charge in [0.25, 0.3) is 0 Å². The molecule has 1 spiro atoms. The topological polar surface area (TPSA) is 245 Å². The fourth-order valence-corrected chi connectivity index (χ4v) is 12.5. The molecule has 3 aromatic carbocycles. The SMILES string of the molecule is CC(=O)O[C@H]1C(=O)[C@]23C[C@H]2C[C@H]2OC[C@@]2(OC(C)=O)[C@H]3[C@H](OC(=O)c2ccccc2)[C@]2(O)C[C@H](OC(=O)[C@H](OC(=O)CCCCCNC(=O)OCc3ccccc3)[C@@H](NC(=O)CC(C)(C)C)c3ccccc3)C(C)=C1C2(C)C. The second-order valence-electron chi connectivity index (χ2n) is 23.2. The third kappa shape index (κ3) is 11.6. The first-order valence-electron chi connectivity index (χ1n) is 26.8. The minimum atomic E-state index is -2.31. The van der Waals surface area contributed by atoms with Crippen molar-refractivity contribution in [1.82, 2.24) is 10.6 Å². The summed E-state index contributed by atoms with van der Waals surface area (Å²) in [5.74, 6) is -7.00. The number of carbonyl (C=O) groups is 8. The zero-order valence-electron chi connectivity index (χ0n) is 45.6. The summed E-state index contributed by atoms with van der Waals surface area (Å²) in [4.78, 5) is 112. The predicted molar refractivity (Wildman–Crippen MR) is 279 cm³/mol. The molecule has 1 saturated heterocycles. The van der Waals surface area contributed by atoms with Crippen LogP contribution in [0.4, 0.5) is 4.79 Å². The van der Waals surface area contributed by atoms with Gasteiger partial charge in [-0.25, -0.2) is 14.4 Å². The molecule has 418 valence electrons. The molecule has 1 aliphatic heterocycles. The average Bonchev–Trinajstić information content (AvgIpc) is 4.27.